The number of fused-ring (bicyclic) bond motifs is 6. The van der Waals surface area contributed by atoms with Crippen molar-refractivity contribution in [1.29, 1.82) is 10.5 Å². The molecule has 0 N–H and O–H groups in total. The summed E-state index contributed by atoms with van der Waals surface area (Å²) in [6.45, 7) is 10.7. The van der Waals surface area contributed by atoms with Crippen LogP contribution in [0.15, 0.2) is 103 Å². The van der Waals surface area contributed by atoms with E-state index in [2.05, 4.69) is 134 Å². The van der Waals surface area contributed by atoms with Gasteiger partial charge in [-0.15, -0.1) is 0 Å². The molecule has 0 unspecified atom stereocenters. The zero-order valence-corrected chi connectivity index (χ0v) is 27.1. The van der Waals surface area contributed by atoms with Crippen molar-refractivity contribution >= 4 is 43.6 Å². The monoisotopic (exact) mass is 604 g/mol. The summed E-state index contributed by atoms with van der Waals surface area (Å²) in [4.78, 5) is 0. The Morgan fingerprint density at radius 3 is 1.23 bits per heavy atom. The Labute approximate surface area is 274 Å². The summed E-state index contributed by atoms with van der Waals surface area (Å²) in [6.07, 6.45) is 0. The minimum Gasteiger partial charge on any atom is -0.307 e. The van der Waals surface area contributed by atoms with Crippen molar-refractivity contribution in [3.63, 3.8) is 0 Å². The smallest absolute Gasteiger partial charge is 0.0998 e. The summed E-state index contributed by atoms with van der Waals surface area (Å²) in [5.41, 5.74) is 15.2. The number of nitrogens with zero attached hydrogens (tertiary/aromatic N) is 4. The molecule has 0 fully saturated rings. The average molecular weight is 605 g/mol. The highest BCUT2D eigenvalue weighted by atomic mass is 15.1. The normalized spacial score (nSPS) is 11.5. The summed E-state index contributed by atoms with van der Waals surface area (Å²) in [6, 6.07) is 40.8. The van der Waals surface area contributed by atoms with Crippen LogP contribution >= 0.6 is 0 Å². The van der Waals surface area contributed by atoms with Gasteiger partial charge in [0.15, 0.2) is 0 Å². The van der Waals surface area contributed by atoms with E-state index in [1.807, 2.05) is 25.1 Å². The van der Waals surface area contributed by atoms with Crippen molar-refractivity contribution in [2.45, 2.75) is 34.6 Å². The fourth-order valence-electron chi connectivity index (χ4n) is 7.72. The van der Waals surface area contributed by atoms with E-state index in [4.69, 9.17) is 0 Å². The number of hydrogen-bond donors (Lipinski definition) is 0. The van der Waals surface area contributed by atoms with E-state index >= 15 is 0 Å². The van der Waals surface area contributed by atoms with E-state index in [-0.39, 0.29) is 0 Å². The zero-order chi connectivity index (χ0) is 32.6. The van der Waals surface area contributed by atoms with Gasteiger partial charge in [-0.05, 0) is 117 Å². The lowest BCUT2D eigenvalue weighted by Crippen LogP contribution is -2.06. The molecule has 47 heavy (non-hydrogen) atoms. The molecule has 0 spiro atoms. The fraction of sp³-hybridized carbons (Fsp3) is 0.116. The standard InChI is InChI=1S/C43H32N4/c1-25-10-6-14-34-40(25)41-26(2)11-7-15-35(41)46(34)38-21-31(24-45)33(32-19-18-30(23-44)20-29(32)5)22-39(38)47-36-16-8-12-27(3)42(36)43-28(4)13-9-17-37(43)47/h6-22H,1-5H3. The van der Waals surface area contributed by atoms with E-state index in [0.717, 1.165) is 50.1 Å². The van der Waals surface area contributed by atoms with E-state index in [1.165, 1.54) is 43.8 Å². The second-order valence-corrected chi connectivity index (χ2v) is 12.7. The summed E-state index contributed by atoms with van der Waals surface area (Å²) in [5.74, 6) is 0. The maximum atomic E-state index is 10.7. The SMILES string of the molecule is Cc1cc(C#N)ccc1-c1cc(-n2c3cccc(C)c3c3c(C)cccc32)c(-n2c3cccc(C)c3c3c(C)cccc32)cc1C#N. The van der Waals surface area contributed by atoms with Crippen molar-refractivity contribution in [1.82, 2.24) is 9.13 Å². The lowest BCUT2D eigenvalue weighted by atomic mass is 9.93. The first-order valence-electron chi connectivity index (χ1n) is 15.9. The van der Waals surface area contributed by atoms with Crippen LogP contribution in [-0.4, -0.2) is 9.13 Å². The van der Waals surface area contributed by atoms with Crippen LogP contribution in [0, 0.1) is 57.3 Å². The molecule has 0 bridgehead atoms. The molecule has 2 heterocycles. The third-order valence-corrected chi connectivity index (χ3v) is 9.83. The van der Waals surface area contributed by atoms with Gasteiger partial charge in [0, 0.05) is 27.1 Å². The van der Waals surface area contributed by atoms with Gasteiger partial charge in [-0.3, -0.25) is 0 Å². The molecule has 224 valence electrons. The Balaban J connectivity index is 1.61. The highest BCUT2D eigenvalue weighted by Crippen LogP contribution is 2.43. The Bertz CT molecular complexity index is 2580. The van der Waals surface area contributed by atoms with Gasteiger partial charge in [0.05, 0.1) is 56.7 Å². The van der Waals surface area contributed by atoms with Gasteiger partial charge < -0.3 is 9.13 Å². The molecule has 0 atom stereocenters. The molecule has 2 aromatic heterocycles. The molecular weight excluding hydrogens is 573 g/mol. The zero-order valence-electron chi connectivity index (χ0n) is 27.1. The average Bonchev–Trinajstić information content (AvgIpc) is 3.60. The summed E-state index contributed by atoms with van der Waals surface area (Å²) in [5, 5.41) is 25.2. The highest BCUT2D eigenvalue weighted by molar-refractivity contribution is 6.14. The van der Waals surface area contributed by atoms with E-state index in [1.54, 1.807) is 0 Å². The number of rotatable bonds is 3. The van der Waals surface area contributed by atoms with Crippen LogP contribution in [0.3, 0.4) is 0 Å². The quantitative estimate of drug-likeness (QED) is 0.201. The van der Waals surface area contributed by atoms with E-state index in [9.17, 15) is 10.5 Å². The summed E-state index contributed by atoms with van der Waals surface area (Å²) in [7, 11) is 0. The Hall–Kier alpha value is -6.10. The Morgan fingerprint density at radius 1 is 0.426 bits per heavy atom. The molecule has 0 saturated heterocycles. The molecule has 0 saturated carbocycles. The van der Waals surface area contributed by atoms with Gasteiger partial charge in [0.25, 0.3) is 0 Å². The minimum atomic E-state index is 0.583. The van der Waals surface area contributed by atoms with Gasteiger partial charge in [-0.2, -0.15) is 10.5 Å². The van der Waals surface area contributed by atoms with Crippen molar-refractivity contribution in [3.05, 3.63) is 142 Å². The molecule has 0 aliphatic rings. The Kier molecular flexibility index (Phi) is 6.33. The lowest BCUT2D eigenvalue weighted by Gasteiger charge is -2.20. The van der Waals surface area contributed by atoms with Crippen LogP contribution in [0.4, 0.5) is 0 Å². The van der Waals surface area contributed by atoms with Gasteiger partial charge in [0.1, 0.15) is 0 Å². The molecule has 4 nitrogen and oxygen atoms in total. The summed E-state index contributed by atoms with van der Waals surface area (Å²) >= 11 is 0. The van der Waals surface area contributed by atoms with Crippen LogP contribution in [0.2, 0.25) is 0 Å². The first-order chi connectivity index (χ1) is 22.8. The predicted molar refractivity (Wildman–Crippen MR) is 194 cm³/mol. The fourth-order valence-corrected chi connectivity index (χ4v) is 7.72. The van der Waals surface area contributed by atoms with E-state index < -0.39 is 0 Å². The molecule has 0 amide bonds. The number of hydrogen-bond acceptors (Lipinski definition) is 2. The van der Waals surface area contributed by atoms with Gasteiger partial charge >= 0.3 is 0 Å². The molecule has 8 rings (SSSR count). The molecule has 0 aliphatic carbocycles. The van der Waals surface area contributed by atoms with Crippen LogP contribution < -0.4 is 0 Å². The maximum absolute atomic E-state index is 10.7. The van der Waals surface area contributed by atoms with Crippen LogP contribution in [0.5, 0.6) is 0 Å². The van der Waals surface area contributed by atoms with E-state index in [0.29, 0.717) is 11.1 Å². The van der Waals surface area contributed by atoms with Crippen LogP contribution in [0.1, 0.15) is 38.9 Å². The van der Waals surface area contributed by atoms with Gasteiger partial charge in [-0.25, -0.2) is 0 Å². The molecule has 0 radical (unpaired) electrons. The number of nitriles is 2. The highest BCUT2D eigenvalue weighted by Gasteiger charge is 2.24. The second-order valence-electron chi connectivity index (χ2n) is 12.7. The third-order valence-electron chi connectivity index (χ3n) is 9.83. The van der Waals surface area contributed by atoms with Gasteiger partial charge in [0.2, 0.25) is 0 Å². The predicted octanol–water partition coefficient (Wildman–Crippen LogP) is 10.8. The molecule has 4 heteroatoms. The van der Waals surface area contributed by atoms with Crippen molar-refractivity contribution < 1.29 is 0 Å². The largest absolute Gasteiger partial charge is 0.307 e. The number of aromatic nitrogens is 2. The Morgan fingerprint density at radius 2 is 0.851 bits per heavy atom. The number of benzene rings is 6. The maximum Gasteiger partial charge on any atom is 0.0998 e. The molecule has 6 aromatic carbocycles. The van der Waals surface area contributed by atoms with Crippen LogP contribution in [-0.2, 0) is 0 Å². The first kappa shape index (κ1) is 28.4. The van der Waals surface area contributed by atoms with Crippen molar-refractivity contribution in [3.8, 4) is 34.6 Å². The molecular formula is C43H32N4. The third kappa shape index (κ3) is 4.05. The van der Waals surface area contributed by atoms with Gasteiger partial charge in [-0.1, -0.05) is 54.6 Å². The van der Waals surface area contributed by atoms with Crippen LogP contribution in [0.25, 0.3) is 66.1 Å². The topological polar surface area (TPSA) is 57.4 Å². The van der Waals surface area contributed by atoms with Crippen molar-refractivity contribution in [2.24, 2.45) is 0 Å². The minimum absolute atomic E-state index is 0.583. The van der Waals surface area contributed by atoms with Crippen molar-refractivity contribution in [2.75, 3.05) is 0 Å². The number of aryl methyl sites for hydroxylation is 5. The summed E-state index contributed by atoms with van der Waals surface area (Å²) < 4.78 is 4.73. The molecule has 0 aliphatic heterocycles. The molecule has 8 aromatic rings. The lowest BCUT2D eigenvalue weighted by molar-refractivity contribution is 1.09. The first-order valence-corrected chi connectivity index (χ1v) is 15.9. The second kappa shape index (κ2) is 10.5.